The van der Waals surface area contributed by atoms with E-state index in [1.165, 1.54) is 87.3 Å². The third-order valence-corrected chi connectivity index (χ3v) is 6.57. The van der Waals surface area contributed by atoms with E-state index in [2.05, 4.69) is 62.4 Å². The van der Waals surface area contributed by atoms with Crippen molar-refractivity contribution in [2.24, 2.45) is 5.92 Å². The molecular formula is C27H38. The fraction of sp³-hybridized carbons (Fsp3) is 0.556. The second kappa shape index (κ2) is 10.7. The molecule has 27 heavy (non-hydrogen) atoms. The first-order valence-corrected chi connectivity index (χ1v) is 11.5. The molecule has 0 nitrogen and oxygen atoms in total. The summed E-state index contributed by atoms with van der Waals surface area (Å²) in [6.07, 6.45) is 15.1. The number of benzene rings is 2. The van der Waals surface area contributed by atoms with Crippen LogP contribution in [0.15, 0.2) is 48.5 Å². The largest absolute Gasteiger partial charge is 0.0654 e. The molecule has 0 atom stereocenters. The normalized spacial score (nSPS) is 19.9. The summed E-state index contributed by atoms with van der Waals surface area (Å²) < 4.78 is 0. The van der Waals surface area contributed by atoms with Crippen molar-refractivity contribution in [3.8, 4) is 11.1 Å². The summed E-state index contributed by atoms with van der Waals surface area (Å²) in [5.74, 6) is 1.79. The third-order valence-electron chi connectivity index (χ3n) is 6.57. The number of hydrogen-bond donors (Lipinski definition) is 0. The lowest BCUT2D eigenvalue weighted by molar-refractivity contribution is 0.303. The molecule has 1 aliphatic rings. The summed E-state index contributed by atoms with van der Waals surface area (Å²) in [6, 6.07) is 18.5. The van der Waals surface area contributed by atoms with Crippen molar-refractivity contribution < 1.29 is 0 Å². The lowest BCUT2D eigenvalue weighted by Crippen LogP contribution is -2.13. The average molecular weight is 363 g/mol. The van der Waals surface area contributed by atoms with E-state index in [4.69, 9.17) is 0 Å². The molecule has 0 aliphatic heterocycles. The summed E-state index contributed by atoms with van der Waals surface area (Å²) in [6.45, 7) is 4.58. The third kappa shape index (κ3) is 5.71. The maximum absolute atomic E-state index is 2.41. The van der Waals surface area contributed by atoms with Crippen LogP contribution in [0.25, 0.3) is 11.1 Å². The highest BCUT2D eigenvalue weighted by molar-refractivity contribution is 5.67. The quantitative estimate of drug-likeness (QED) is 0.392. The molecule has 2 aromatic carbocycles. The van der Waals surface area contributed by atoms with Crippen LogP contribution in [-0.2, 0) is 6.42 Å². The molecule has 1 aliphatic carbocycles. The SMILES string of the molecule is CCCCCC1CCC(c2ccc(-c3ccccc3CCCC)cc2)CC1. The van der Waals surface area contributed by atoms with Crippen LogP contribution in [0.1, 0.15) is 95.1 Å². The van der Waals surface area contributed by atoms with Crippen LogP contribution < -0.4 is 0 Å². The Morgan fingerprint density at radius 3 is 2.15 bits per heavy atom. The first-order valence-electron chi connectivity index (χ1n) is 11.5. The van der Waals surface area contributed by atoms with Gasteiger partial charge in [0.1, 0.15) is 0 Å². The first kappa shape index (κ1) is 20.2. The van der Waals surface area contributed by atoms with Crippen molar-refractivity contribution in [1.29, 1.82) is 0 Å². The van der Waals surface area contributed by atoms with Gasteiger partial charge in [-0.1, -0.05) is 94.5 Å². The van der Waals surface area contributed by atoms with Crippen LogP contribution in [0.5, 0.6) is 0 Å². The van der Waals surface area contributed by atoms with E-state index in [1.54, 1.807) is 5.56 Å². The second-order valence-corrected chi connectivity index (χ2v) is 8.60. The van der Waals surface area contributed by atoms with Gasteiger partial charge in [-0.3, -0.25) is 0 Å². The molecule has 146 valence electrons. The Morgan fingerprint density at radius 2 is 1.44 bits per heavy atom. The van der Waals surface area contributed by atoms with Crippen molar-refractivity contribution in [2.45, 2.75) is 90.4 Å². The Bertz CT molecular complexity index is 659. The topological polar surface area (TPSA) is 0 Å². The molecule has 0 unspecified atom stereocenters. The first-order chi connectivity index (χ1) is 13.3. The predicted molar refractivity (Wildman–Crippen MR) is 119 cm³/mol. The summed E-state index contributed by atoms with van der Waals surface area (Å²) in [7, 11) is 0. The van der Waals surface area contributed by atoms with Crippen LogP contribution in [0, 0.1) is 5.92 Å². The van der Waals surface area contributed by atoms with E-state index >= 15 is 0 Å². The Hall–Kier alpha value is -1.56. The molecule has 0 N–H and O–H groups in total. The summed E-state index contributed by atoms with van der Waals surface area (Å²) in [4.78, 5) is 0. The summed E-state index contributed by atoms with van der Waals surface area (Å²) >= 11 is 0. The molecule has 0 aromatic heterocycles. The Kier molecular flexibility index (Phi) is 7.99. The molecule has 3 rings (SSSR count). The smallest absolute Gasteiger partial charge is 0.0152 e. The molecule has 0 saturated heterocycles. The molecule has 0 heterocycles. The molecule has 0 amide bonds. The van der Waals surface area contributed by atoms with Gasteiger partial charge in [0.15, 0.2) is 0 Å². The number of aryl methyl sites for hydroxylation is 1. The Balaban J connectivity index is 1.60. The van der Waals surface area contributed by atoms with Crippen molar-refractivity contribution in [3.63, 3.8) is 0 Å². The van der Waals surface area contributed by atoms with Gasteiger partial charge >= 0.3 is 0 Å². The van der Waals surface area contributed by atoms with Gasteiger partial charge in [0.05, 0.1) is 0 Å². The zero-order chi connectivity index (χ0) is 18.9. The van der Waals surface area contributed by atoms with Crippen LogP contribution in [-0.4, -0.2) is 0 Å². The molecule has 0 radical (unpaired) electrons. The second-order valence-electron chi connectivity index (χ2n) is 8.60. The van der Waals surface area contributed by atoms with Gasteiger partial charge in [-0.15, -0.1) is 0 Å². The highest BCUT2D eigenvalue weighted by Gasteiger charge is 2.22. The van der Waals surface area contributed by atoms with Crippen molar-refractivity contribution in [2.75, 3.05) is 0 Å². The van der Waals surface area contributed by atoms with Gasteiger partial charge in [-0.2, -0.15) is 0 Å². The zero-order valence-electron chi connectivity index (χ0n) is 17.6. The fourth-order valence-electron chi connectivity index (χ4n) is 4.79. The highest BCUT2D eigenvalue weighted by atomic mass is 14.3. The minimum absolute atomic E-state index is 0.789. The van der Waals surface area contributed by atoms with E-state index in [-0.39, 0.29) is 0 Å². The van der Waals surface area contributed by atoms with Crippen LogP contribution in [0.2, 0.25) is 0 Å². The molecule has 1 fully saturated rings. The maximum Gasteiger partial charge on any atom is -0.0152 e. The Morgan fingerprint density at radius 1 is 0.741 bits per heavy atom. The van der Waals surface area contributed by atoms with E-state index in [1.807, 2.05) is 0 Å². The average Bonchev–Trinajstić information content (AvgIpc) is 2.73. The molecule has 0 spiro atoms. The van der Waals surface area contributed by atoms with Crippen molar-refractivity contribution >= 4 is 0 Å². The van der Waals surface area contributed by atoms with Crippen molar-refractivity contribution in [1.82, 2.24) is 0 Å². The van der Waals surface area contributed by atoms with E-state index in [0.717, 1.165) is 11.8 Å². The lowest BCUT2D eigenvalue weighted by Gasteiger charge is -2.29. The Labute approximate surface area is 167 Å². The number of unbranched alkanes of at least 4 members (excludes halogenated alkanes) is 3. The van der Waals surface area contributed by atoms with Gasteiger partial charge in [0.2, 0.25) is 0 Å². The van der Waals surface area contributed by atoms with Crippen LogP contribution in [0.4, 0.5) is 0 Å². The highest BCUT2D eigenvalue weighted by Crippen LogP contribution is 2.38. The number of hydrogen-bond acceptors (Lipinski definition) is 0. The number of rotatable bonds is 9. The van der Waals surface area contributed by atoms with E-state index < -0.39 is 0 Å². The molecule has 1 saturated carbocycles. The molecule has 0 bridgehead atoms. The molecular weight excluding hydrogens is 324 g/mol. The minimum atomic E-state index is 0.789. The van der Waals surface area contributed by atoms with E-state index in [9.17, 15) is 0 Å². The molecule has 2 aromatic rings. The summed E-state index contributed by atoms with van der Waals surface area (Å²) in [5.41, 5.74) is 5.88. The van der Waals surface area contributed by atoms with Gasteiger partial charge in [-0.25, -0.2) is 0 Å². The summed E-state index contributed by atoms with van der Waals surface area (Å²) in [5, 5.41) is 0. The van der Waals surface area contributed by atoms with Crippen molar-refractivity contribution in [3.05, 3.63) is 59.7 Å². The van der Waals surface area contributed by atoms with Crippen LogP contribution in [0.3, 0.4) is 0 Å². The maximum atomic E-state index is 2.41. The van der Waals surface area contributed by atoms with Crippen LogP contribution >= 0.6 is 0 Å². The van der Waals surface area contributed by atoms with Gasteiger partial charge in [0, 0.05) is 0 Å². The van der Waals surface area contributed by atoms with Gasteiger partial charge in [0.25, 0.3) is 0 Å². The lowest BCUT2D eigenvalue weighted by atomic mass is 9.77. The molecule has 0 heteroatoms. The minimum Gasteiger partial charge on any atom is -0.0654 e. The van der Waals surface area contributed by atoms with Gasteiger partial charge < -0.3 is 0 Å². The van der Waals surface area contributed by atoms with E-state index in [0.29, 0.717) is 0 Å². The fourth-order valence-corrected chi connectivity index (χ4v) is 4.79. The standard InChI is InChI=1S/C27H38/c1-3-5-7-10-22-14-16-23(17-15-22)24-18-20-26(21-19-24)27-13-9-8-12-25(27)11-6-4-2/h8-9,12-13,18-23H,3-7,10-11,14-17H2,1-2H3. The predicted octanol–water partition coefficient (Wildman–Crippen LogP) is 8.55. The van der Waals surface area contributed by atoms with Gasteiger partial charge in [-0.05, 0) is 72.6 Å². The zero-order valence-corrected chi connectivity index (χ0v) is 17.6. The monoisotopic (exact) mass is 362 g/mol.